The number of carbonyl (C=O) groups is 6. The van der Waals surface area contributed by atoms with Crippen LogP contribution in [0, 0.1) is 11.8 Å². The fourth-order valence-corrected chi connectivity index (χ4v) is 8.10. The Morgan fingerprint density at radius 1 is 0.831 bits per heavy atom. The SMILES string of the molecule is C[C@@H](CCC(=O)NC[C@H](O)[C@@H](O)[C@H](O)[C@H](O)CO)C(=O)N[C@@H](CSSCCOC(=O)CCCCC[C@H](CC(=O)c1ccc(CCc2cnc3nc(N)nc(N)c3n2)cc1)C(=O)O)C(=O)O. The van der Waals surface area contributed by atoms with Crippen molar-refractivity contribution in [3.8, 4) is 0 Å². The molecule has 3 rings (SSSR count). The third-order valence-corrected chi connectivity index (χ3v) is 12.5. The number of unbranched alkanes of at least 4 members (excludes halogenated alkanes) is 2. The highest BCUT2D eigenvalue weighted by Crippen LogP contribution is 2.23. The lowest BCUT2D eigenvalue weighted by Gasteiger charge is -2.25. The Balaban J connectivity index is 1.25. The number of nitrogen functional groups attached to an aromatic ring is 2. The van der Waals surface area contributed by atoms with Crippen LogP contribution in [0.3, 0.4) is 0 Å². The van der Waals surface area contributed by atoms with Crippen LogP contribution in [0.4, 0.5) is 11.8 Å². The second-order valence-electron chi connectivity index (χ2n) is 15.2. The van der Waals surface area contributed by atoms with Crippen molar-refractivity contribution in [2.45, 2.75) is 102 Å². The highest BCUT2D eigenvalue weighted by Gasteiger charge is 2.30. The number of nitrogens with zero attached hydrogens (tertiary/aromatic N) is 4. The number of benzene rings is 1. The number of esters is 1. The topological polar surface area (TPSA) is 381 Å². The average molecular weight is 951 g/mol. The number of hydrogen-bond donors (Lipinski definition) is 11. The van der Waals surface area contributed by atoms with Crippen LogP contribution in [-0.2, 0) is 41.6 Å². The minimum atomic E-state index is -1.85. The van der Waals surface area contributed by atoms with Crippen molar-refractivity contribution in [2.24, 2.45) is 11.8 Å². The van der Waals surface area contributed by atoms with Crippen molar-refractivity contribution < 1.29 is 69.2 Å². The molecule has 2 amide bonds. The molecule has 0 spiro atoms. The van der Waals surface area contributed by atoms with Crippen molar-refractivity contribution in [1.29, 1.82) is 0 Å². The van der Waals surface area contributed by atoms with Crippen molar-refractivity contribution in [2.75, 3.05) is 42.7 Å². The number of hydrogen-bond acceptors (Lipinski definition) is 20. The number of rotatable bonds is 31. The molecule has 0 aliphatic heterocycles. The number of carboxylic acid groups (broad SMARTS) is 2. The number of aliphatic hydroxyl groups is 5. The second kappa shape index (κ2) is 27.9. The fourth-order valence-electron chi connectivity index (χ4n) is 6.12. The molecule has 0 bridgehead atoms. The zero-order valence-corrected chi connectivity index (χ0v) is 37.4. The van der Waals surface area contributed by atoms with E-state index in [4.69, 9.17) is 21.3 Å². The normalized spacial score (nSPS) is 14.6. The molecule has 3 aromatic rings. The summed E-state index contributed by atoms with van der Waals surface area (Å²) in [5.74, 6) is -5.43. The van der Waals surface area contributed by atoms with Gasteiger partial charge in [-0.25, -0.2) is 14.8 Å². The van der Waals surface area contributed by atoms with E-state index >= 15 is 0 Å². The lowest BCUT2D eigenvalue weighted by Crippen LogP contribution is -2.49. The van der Waals surface area contributed by atoms with Crippen molar-refractivity contribution in [3.05, 3.63) is 47.3 Å². The van der Waals surface area contributed by atoms with Gasteiger partial charge in [-0.15, -0.1) is 0 Å². The number of nitrogens with two attached hydrogens (primary N) is 2. The lowest BCUT2D eigenvalue weighted by atomic mass is 9.92. The number of carbonyl (C=O) groups excluding carboxylic acids is 4. The molecule has 0 radical (unpaired) electrons. The summed E-state index contributed by atoms with van der Waals surface area (Å²) < 4.78 is 5.24. The van der Waals surface area contributed by atoms with E-state index in [1.54, 1.807) is 18.3 Å². The van der Waals surface area contributed by atoms with Crippen LogP contribution in [0.2, 0.25) is 0 Å². The van der Waals surface area contributed by atoms with Gasteiger partial charge in [-0.1, -0.05) is 65.6 Å². The van der Waals surface area contributed by atoms with Gasteiger partial charge in [0.1, 0.15) is 31.0 Å². The van der Waals surface area contributed by atoms with Gasteiger partial charge >= 0.3 is 17.9 Å². The molecule has 2 aromatic heterocycles. The van der Waals surface area contributed by atoms with Gasteiger partial charge in [-0.2, -0.15) is 9.97 Å². The third kappa shape index (κ3) is 19.0. The summed E-state index contributed by atoms with van der Waals surface area (Å²) >= 11 is 0. The largest absolute Gasteiger partial charge is 0.481 e. The maximum absolute atomic E-state index is 13.0. The molecule has 0 saturated heterocycles. The highest BCUT2D eigenvalue weighted by atomic mass is 33.1. The van der Waals surface area contributed by atoms with E-state index in [1.807, 2.05) is 12.1 Å². The molecule has 2 heterocycles. The van der Waals surface area contributed by atoms with Crippen LogP contribution < -0.4 is 22.1 Å². The molecular weight excluding hydrogens is 893 g/mol. The van der Waals surface area contributed by atoms with Crippen LogP contribution in [-0.4, -0.2) is 153 Å². The summed E-state index contributed by atoms with van der Waals surface area (Å²) in [5.41, 5.74) is 14.2. The maximum atomic E-state index is 13.0. The molecule has 1 aromatic carbocycles. The molecule has 7 atom stereocenters. The van der Waals surface area contributed by atoms with Crippen LogP contribution >= 0.6 is 21.6 Å². The first kappa shape index (κ1) is 54.1. The summed E-state index contributed by atoms with van der Waals surface area (Å²) in [4.78, 5) is 90.3. The minimum Gasteiger partial charge on any atom is -0.481 e. The van der Waals surface area contributed by atoms with Crippen LogP contribution in [0.25, 0.3) is 11.2 Å². The number of aromatic nitrogens is 4. The van der Waals surface area contributed by atoms with Gasteiger partial charge in [-0.05, 0) is 37.7 Å². The Kier molecular flexibility index (Phi) is 23.3. The van der Waals surface area contributed by atoms with Crippen LogP contribution in [0.5, 0.6) is 0 Å². The minimum absolute atomic E-state index is 0.00606. The number of amides is 2. The Morgan fingerprint density at radius 2 is 1.54 bits per heavy atom. The Labute approximate surface area is 382 Å². The number of aliphatic carboxylic acids is 2. The van der Waals surface area contributed by atoms with E-state index in [1.165, 1.54) is 17.7 Å². The highest BCUT2D eigenvalue weighted by molar-refractivity contribution is 8.76. The molecule has 22 nitrogen and oxygen atoms in total. The summed E-state index contributed by atoms with van der Waals surface area (Å²) in [7, 11) is 2.40. The number of Topliss-reactive ketones (excluding diaryl/α,β-unsaturated/α-hetero) is 1. The predicted molar refractivity (Wildman–Crippen MR) is 239 cm³/mol. The van der Waals surface area contributed by atoms with E-state index in [9.17, 15) is 59.4 Å². The van der Waals surface area contributed by atoms with E-state index in [0.717, 1.165) is 16.4 Å². The zero-order chi connectivity index (χ0) is 48.1. The Hall–Kier alpha value is -5.24. The van der Waals surface area contributed by atoms with Gasteiger partial charge < -0.3 is 62.6 Å². The number of anilines is 2. The molecule has 0 aliphatic carbocycles. The number of fused-ring (bicyclic) bond motifs is 1. The van der Waals surface area contributed by atoms with Gasteiger partial charge in [0.25, 0.3) is 0 Å². The van der Waals surface area contributed by atoms with Crippen molar-refractivity contribution in [3.63, 3.8) is 0 Å². The zero-order valence-electron chi connectivity index (χ0n) is 35.8. The number of aryl methyl sites for hydroxylation is 2. The molecule has 0 saturated carbocycles. The Morgan fingerprint density at radius 3 is 2.22 bits per heavy atom. The predicted octanol–water partition coefficient (Wildman–Crippen LogP) is 0.0559. The third-order valence-electron chi connectivity index (χ3n) is 10.1. The summed E-state index contributed by atoms with van der Waals surface area (Å²) in [6.07, 6.45) is -2.75. The first-order valence-corrected chi connectivity index (χ1v) is 23.3. The Bertz CT molecular complexity index is 2050. The van der Waals surface area contributed by atoms with Crippen molar-refractivity contribution >= 4 is 80.0 Å². The average Bonchev–Trinajstić information content (AvgIpc) is 3.28. The monoisotopic (exact) mass is 950 g/mol. The lowest BCUT2D eigenvalue weighted by molar-refractivity contribution is -0.143. The van der Waals surface area contributed by atoms with Gasteiger partial charge in [-0.3, -0.25) is 24.0 Å². The molecule has 358 valence electrons. The fraction of sp³-hybridized carbons (Fsp3) is 0.561. The van der Waals surface area contributed by atoms with E-state index in [-0.39, 0.29) is 62.0 Å². The van der Waals surface area contributed by atoms with Gasteiger partial charge in [0.15, 0.2) is 22.8 Å². The molecule has 65 heavy (non-hydrogen) atoms. The maximum Gasteiger partial charge on any atom is 0.327 e. The van der Waals surface area contributed by atoms with E-state index in [0.29, 0.717) is 60.3 Å². The summed E-state index contributed by atoms with van der Waals surface area (Å²) in [6.45, 7) is 0.229. The van der Waals surface area contributed by atoms with Crippen LogP contribution in [0.1, 0.15) is 79.9 Å². The molecule has 0 fully saturated rings. The number of carboxylic acids is 2. The number of ether oxygens (including phenoxy) is 1. The summed E-state index contributed by atoms with van der Waals surface area (Å²) in [5, 5.41) is 71.7. The van der Waals surface area contributed by atoms with Gasteiger partial charge in [0.2, 0.25) is 17.8 Å². The first-order chi connectivity index (χ1) is 30.9. The quantitative estimate of drug-likeness (QED) is 0.0176. The summed E-state index contributed by atoms with van der Waals surface area (Å²) in [6, 6.07) is 5.72. The molecule has 13 N–H and O–H groups in total. The number of aliphatic hydroxyl groups excluding tert-OH is 5. The van der Waals surface area contributed by atoms with Gasteiger partial charge in [0, 0.05) is 48.8 Å². The van der Waals surface area contributed by atoms with Gasteiger partial charge in [0.05, 0.1) is 30.5 Å². The molecule has 0 unspecified atom stereocenters. The number of ketones is 1. The number of nitrogens with one attached hydrogen (secondary N) is 2. The second-order valence-corrected chi connectivity index (χ2v) is 17.9. The van der Waals surface area contributed by atoms with E-state index in [2.05, 4.69) is 30.6 Å². The standard InChI is InChI=1S/C41H58N8O14S2/c1-22(7-14-31(54)44-19-29(52)34(56)35(57)30(53)20-50)38(58)47-27(40(61)62)21-65-64-16-15-63-32(55)6-4-2-3-5-25(39(59)60)17-28(51)24-11-8-23(9-12-24)10-13-26-18-45-37-33(46-26)36(42)48-41(43)49-37/h8-9,11-12,18,22,25,27,29-30,34-35,50,52-53,56-57H,2-7,10,13-17,19-21H2,1H3,(H,44,54)(H,47,58)(H,59,60)(H,61,62)(H4,42,43,45,48,49)/t22-,25+,27-,29-,30+,34+,35+/m0/s1. The van der Waals surface area contributed by atoms with Crippen LogP contribution in [0.15, 0.2) is 30.5 Å². The first-order valence-electron chi connectivity index (χ1n) is 20.8. The molecule has 0 aliphatic rings. The van der Waals surface area contributed by atoms with Crippen molar-refractivity contribution in [1.82, 2.24) is 30.6 Å². The smallest absolute Gasteiger partial charge is 0.327 e. The molecular formula is C41H58N8O14S2. The van der Waals surface area contributed by atoms with E-state index < -0.39 is 85.2 Å². The molecule has 24 heteroatoms.